The number of alkyl halides is 36. The average molecular weight is 1240 g/mol. The maximum absolute atomic E-state index is 15.4. The lowest BCUT2D eigenvalue weighted by Gasteiger charge is -2.41. The predicted octanol–water partition coefficient (Wildman–Crippen LogP) is 18.6. The Balaban J connectivity index is 2.80. The van der Waals surface area contributed by atoms with E-state index < -0.39 is 245 Å². The molecule has 78 heavy (non-hydrogen) atoms. The molecule has 0 aliphatic carbocycles. The van der Waals surface area contributed by atoms with Gasteiger partial charge >= 0.3 is 74.1 Å². The zero-order valence-corrected chi connectivity index (χ0v) is 37.9. The molecule has 438 valence electrons. The van der Waals surface area contributed by atoms with E-state index in [1.54, 1.807) is 0 Å². The number of halogens is 36. The molecule has 0 radical (unpaired) electrons. The van der Waals surface area contributed by atoms with Gasteiger partial charge in [-0.3, -0.25) is 0 Å². The van der Waals surface area contributed by atoms with Gasteiger partial charge in [0.05, 0.1) is 66.8 Å². The number of benzene rings is 4. The average Bonchev–Trinajstić information content (AvgIpc) is 3.18. The molecule has 0 saturated heterocycles. The summed E-state index contributed by atoms with van der Waals surface area (Å²) in [5.41, 5.74) is -48.7. The molecule has 0 aliphatic rings. The fourth-order valence-electron chi connectivity index (χ4n) is 7.97. The van der Waals surface area contributed by atoms with Gasteiger partial charge in [-0.25, -0.2) is 0 Å². The van der Waals surface area contributed by atoms with E-state index in [2.05, 4.69) is 0 Å². The van der Waals surface area contributed by atoms with Crippen LogP contribution in [0.2, 0.25) is 0 Å². The zero-order chi connectivity index (χ0) is 61.0. The molecule has 0 amide bonds. The maximum atomic E-state index is 15.4. The molecule has 0 nitrogen and oxygen atoms in total. The van der Waals surface area contributed by atoms with Crippen LogP contribution in [0.15, 0.2) is 48.5 Å². The molecule has 4 aromatic carbocycles. The van der Waals surface area contributed by atoms with Crippen molar-refractivity contribution in [3.63, 3.8) is 0 Å². The van der Waals surface area contributed by atoms with E-state index in [4.69, 9.17) is 0 Å². The molecule has 0 fully saturated rings. The molecule has 38 heteroatoms. The highest BCUT2D eigenvalue weighted by molar-refractivity contribution is 7.89. The highest BCUT2D eigenvalue weighted by atomic mass is 31.2. The van der Waals surface area contributed by atoms with Crippen molar-refractivity contribution in [1.82, 2.24) is 0 Å². The summed E-state index contributed by atoms with van der Waals surface area (Å²) in [7, 11) is -12.0. The highest BCUT2D eigenvalue weighted by Gasteiger charge is 2.60. The van der Waals surface area contributed by atoms with Crippen LogP contribution in [-0.2, 0) is 74.1 Å². The van der Waals surface area contributed by atoms with Gasteiger partial charge in [-0.2, -0.15) is 158 Å². The van der Waals surface area contributed by atoms with Crippen LogP contribution in [0, 0.1) is 0 Å². The molecule has 0 N–H and O–H groups in total. The molecule has 0 bridgehead atoms. The molecule has 0 aliphatic heterocycles. The smallest absolute Gasteiger partial charge is 0.166 e. The lowest BCUT2D eigenvalue weighted by molar-refractivity contribution is -0.174. The SMILES string of the molecule is CCCC(P(c1ccc(C(F)(F)F)c(C(F)(F)F)c1C(F)(F)F)c1ccc(C(F)(F)F)c(C(F)(F)F)c1C(F)(F)F)P(c1ccc(C(F)(F)F)c(C(F)(F)F)c1C(F)(F)F)c1ccc(C(F)(F)F)c(C(F)(F)F)c1C(F)(F)F. The Morgan fingerprint density at radius 2 is 0.397 bits per heavy atom. The zero-order valence-electron chi connectivity index (χ0n) is 36.1. The maximum Gasteiger partial charge on any atom is 0.417 e. The van der Waals surface area contributed by atoms with Crippen LogP contribution in [0.1, 0.15) is 86.5 Å². The van der Waals surface area contributed by atoms with Gasteiger partial charge in [0.2, 0.25) is 0 Å². The van der Waals surface area contributed by atoms with Crippen LogP contribution < -0.4 is 21.2 Å². The van der Waals surface area contributed by atoms with Crippen LogP contribution in [0.3, 0.4) is 0 Å². The van der Waals surface area contributed by atoms with E-state index in [0.29, 0.717) is 6.92 Å². The van der Waals surface area contributed by atoms with Crippen molar-refractivity contribution in [2.45, 2.75) is 99.3 Å². The number of rotatable bonds is 8. The summed E-state index contributed by atoms with van der Waals surface area (Å²) in [4.78, 5) is 0. The molecule has 0 atom stereocenters. The Bertz CT molecular complexity index is 2470. The Kier molecular flexibility index (Phi) is 17.1. The molecule has 0 unspecified atom stereocenters. The third kappa shape index (κ3) is 13.3. The second kappa shape index (κ2) is 20.3. The Morgan fingerprint density at radius 1 is 0.244 bits per heavy atom. The largest absolute Gasteiger partial charge is 0.417 e. The van der Waals surface area contributed by atoms with Gasteiger partial charge in [-0.05, 0) is 67.7 Å². The topological polar surface area (TPSA) is 0 Å². The molecular weight excluding hydrogens is 1230 g/mol. The molecule has 0 saturated carbocycles. The summed E-state index contributed by atoms with van der Waals surface area (Å²) in [6, 6.07) is -9.99. The fraction of sp³-hybridized carbons (Fsp3) is 0.400. The Morgan fingerprint density at radius 3 is 0.513 bits per heavy atom. The van der Waals surface area contributed by atoms with Crippen molar-refractivity contribution < 1.29 is 158 Å². The molecule has 4 aromatic rings. The molecule has 0 spiro atoms. The summed E-state index contributed by atoms with van der Waals surface area (Å²) in [6.07, 6.45) is -90.6. The predicted molar refractivity (Wildman–Crippen MR) is 197 cm³/mol. The van der Waals surface area contributed by atoms with Gasteiger partial charge in [0.1, 0.15) is 0 Å². The summed E-state index contributed by atoms with van der Waals surface area (Å²) in [5, 5.41) is -17.3. The highest BCUT2D eigenvalue weighted by Crippen LogP contribution is 2.65. The fourth-order valence-corrected chi connectivity index (χ4v) is 16.1. The van der Waals surface area contributed by atoms with Crippen LogP contribution in [-0.4, -0.2) is 5.40 Å². The lowest BCUT2D eigenvalue weighted by Crippen LogP contribution is -2.40. The van der Waals surface area contributed by atoms with Gasteiger partial charge in [-0.15, -0.1) is 0 Å². The molecule has 0 heterocycles. The van der Waals surface area contributed by atoms with Crippen LogP contribution >= 0.6 is 15.8 Å². The number of hydrogen-bond donors (Lipinski definition) is 0. The lowest BCUT2D eigenvalue weighted by atomic mass is 9.99. The Hall–Kier alpha value is -4.78. The van der Waals surface area contributed by atoms with Gasteiger partial charge < -0.3 is 0 Å². The van der Waals surface area contributed by atoms with Gasteiger partial charge in [-0.1, -0.05) is 37.6 Å². The van der Waals surface area contributed by atoms with Crippen LogP contribution in [0.5, 0.6) is 0 Å². The standard InChI is InChI=1S/C40H16F36P2/c1-2-3-20(77(16-8-4-12(29(41,42)43)21(33(53,54)55)25(16)37(65,66)67)17-9-5-13(30(44,45)46)22(34(56,57)58)26(17)38(68,69)70)78(18-10-6-14(31(47,48)49)23(35(59,60)61)27(18)39(71,72)73)19-11-7-15(32(50,51)52)24(36(62,63)64)28(19)40(74,75)76/h4-11,20H,2-3H2,1H3. The van der Waals surface area contributed by atoms with E-state index in [-0.39, 0.29) is 0 Å². The second-order valence-electron chi connectivity index (χ2n) is 15.5. The van der Waals surface area contributed by atoms with Gasteiger partial charge in [0.25, 0.3) is 0 Å². The summed E-state index contributed by atoms with van der Waals surface area (Å²) < 4.78 is 533. The minimum atomic E-state index is -7.46. The van der Waals surface area contributed by atoms with E-state index >= 15 is 52.7 Å². The quantitative estimate of drug-likeness (QED) is 0.122. The first-order valence-corrected chi connectivity index (χ1v) is 22.3. The molecule has 4 rings (SSSR count). The van der Waals surface area contributed by atoms with E-state index in [1.807, 2.05) is 0 Å². The van der Waals surface area contributed by atoms with Crippen LogP contribution in [0.4, 0.5) is 158 Å². The van der Waals surface area contributed by atoms with Gasteiger partial charge in [0.15, 0.2) is 0 Å². The Labute approximate surface area is 409 Å². The van der Waals surface area contributed by atoms with Crippen LogP contribution in [0.25, 0.3) is 0 Å². The van der Waals surface area contributed by atoms with Crippen molar-refractivity contribution in [2.24, 2.45) is 0 Å². The van der Waals surface area contributed by atoms with E-state index in [0.717, 1.165) is 0 Å². The first-order valence-electron chi connectivity index (χ1n) is 19.5. The summed E-state index contributed by atoms with van der Waals surface area (Å²) >= 11 is 0. The molecular formula is C40H16F36P2. The van der Waals surface area contributed by atoms with E-state index in [1.165, 1.54) is 0 Å². The minimum Gasteiger partial charge on any atom is -0.166 e. The normalized spacial score (nSPS) is 14.7. The first-order chi connectivity index (χ1) is 34.3. The van der Waals surface area contributed by atoms with Crippen molar-refractivity contribution in [2.75, 3.05) is 0 Å². The minimum absolute atomic E-state index is 0.308. The summed E-state index contributed by atoms with van der Waals surface area (Å²) in [5.74, 6) is 0. The third-order valence-corrected chi connectivity index (χ3v) is 17.1. The molecule has 0 aromatic heterocycles. The number of hydrogen-bond acceptors (Lipinski definition) is 0. The van der Waals surface area contributed by atoms with Crippen molar-refractivity contribution >= 4 is 37.1 Å². The van der Waals surface area contributed by atoms with Crippen molar-refractivity contribution in [3.05, 3.63) is 115 Å². The third-order valence-electron chi connectivity index (χ3n) is 10.4. The summed E-state index contributed by atoms with van der Waals surface area (Å²) in [6.45, 7) is 0.308. The van der Waals surface area contributed by atoms with Crippen molar-refractivity contribution in [1.29, 1.82) is 0 Å². The van der Waals surface area contributed by atoms with E-state index in [9.17, 15) is 105 Å². The van der Waals surface area contributed by atoms with Gasteiger partial charge in [0, 0.05) is 5.40 Å². The monoisotopic (exact) mass is 1240 g/mol. The van der Waals surface area contributed by atoms with Crippen molar-refractivity contribution in [3.8, 4) is 0 Å². The first kappa shape index (κ1) is 65.7. The second-order valence-corrected chi connectivity index (χ2v) is 20.6.